The van der Waals surface area contributed by atoms with Crippen LogP contribution in [0.15, 0.2) is 23.1 Å². The van der Waals surface area contributed by atoms with E-state index in [1.807, 2.05) is 0 Å². The van der Waals surface area contributed by atoms with Crippen molar-refractivity contribution in [3.8, 4) is 0 Å². The number of hydrogen-bond donors (Lipinski definition) is 0. The molecule has 0 aliphatic carbocycles. The quantitative estimate of drug-likeness (QED) is 0.618. The van der Waals surface area contributed by atoms with Gasteiger partial charge in [0.15, 0.2) is 0 Å². The maximum absolute atomic E-state index is 12.4. The van der Waals surface area contributed by atoms with Gasteiger partial charge in [-0.1, -0.05) is 18.5 Å². The third-order valence-corrected chi connectivity index (χ3v) is 5.23. The molecule has 0 aliphatic heterocycles. The van der Waals surface area contributed by atoms with Gasteiger partial charge in [0.25, 0.3) is 5.69 Å². The Balaban J connectivity index is 3.43. The Labute approximate surface area is 117 Å². The van der Waals surface area contributed by atoms with Crippen molar-refractivity contribution in [2.45, 2.75) is 31.7 Å². The number of halogens is 1. The summed E-state index contributed by atoms with van der Waals surface area (Å²) in [5, 5.41) is 10.7. The van der Waals surface area contributed by atoms with Crippen molar-refractivity contribution in [2.24, 2.45) is 0 Å². The predicted molar refractivity (Wildman–Crippen MR) is 72.8 cm³/mol. The summed E-state index contributed by atoms with van der Waals surface area (Å²) in [6.07, 6.45) is 0. The molecule has 1 aromatic carbocycles. The highest BCUT2D eigenvalue weighted by Crippen LogP contribution is 2.29. The van der Waals surface area contributed by atoms with E-state index < -0.39 is 14.9 Å². The van der Waals surface area contributed by atoms with Crippen molar-refractivity contribution in [3.63, 3.8) is 0 Å². The average molecular weight is 307 g/mol. The summed E-state index contributed by atoms with van der Waals surface area (Å²) in [6, 6.07) is 3.13. The smallest absolute Gasteiger partial charge is 0.258 e. The Morgan fingerprint density at radius 3 is 2.42 bits per heavy atom. The monoisotopic (exact) mass is 306 g/mol. The molecular weight excluding hydrogens is 292 g/mol. The number of hydrogen-bond acceptors (Lipinski definition) is 4. The second-order valence-corrected chi connectivity index (χ2v) is 6.44. The lowest BCUT2D eigenvalue weighted by molar-refractivity contribution is -0.385. The van der Waals surface area contributed by atoms with Gasteiger partial charge in [-0.25, -0.2) is 8.42 Å². The van der Waals surface area contributed by atoms with E-state index in [1.165, 1.54) is 16.4 Å². The number of non-ortho nitro benzene ring substituents is 1. The molecule has 1 aromatic rings. The Bertz CT molecular complexity index is 586. The van der Waals surface area contributed by atoms with Crippen LogP contribution in [0.3, 0.4) is 0 Å². The van der Waals surface area contributed by atoms with Gasteiger partial charge in [0.2, 0.25) is 10.0 Å². The van der Waals surface area contributed by atoms with E-state index in [1.54, 1.807) is 20.8 Å². The number of nitro groups is 1. The van der Waals surface area contributed by atoms with Crippen LogP contribution in [0.5, 0.6) is 0 Å². The first-order valence-electron chi connectivity index (χ1n) is 5.67. The molecule has 0 saturated heterocycles. The summed E-state index contributed by atoms with van der Waals surface area (Å²) in [6.45, 7) is 5.42. The largest absolute Gasteiger partial charge is 0.270 e. The van der Waals surface area contributed by atoms with E-state index >= 15 is 0 Å². The first-order valence-corrected chi connectivity index (χ1v) is 7.49. The zero-order valence-corrected chi connectivity index (χ0v) is 12.4. The van der Waals surface area contributed by atoms with Crippen molar-refractivity contribution in [3.05, 3.63) is 33.3 Å². The van der Waals surface area contributed by atoms with Gasteiger partial charge in [0.1, 0.15) is 4.90 Å². The van der Waals surface area contributed by atoms with E-state index in [0.29, 0.717) is 0 Å². The minimum Gasteiger partial charge on any atom is -0.258 e. The third-order valence-electron chi connectivity index (χ3n) is 2.60. The molecule has 0 aliphatic rings. The van der Waals surface area contributed by atoms with Gasteiger partial charge in [-0.15, -0.1) is 0 Å². The molecule has 0 amide bonds. The number of nitrogens with zero attached hydrogens (tertiary/aromatic N) is 2. The fourth-order valence-electron chi connectivity index (χ4n) is 1.74. The summed E-state index contributed by atoms with van der Waals surface area (Å²) in [4.78, 5) is 9.83. The summed E-state index contributed by atoms with van der Waals surface area (Å²) in [7, 11) is -3.84. The summed E-state index contributed by atoms with van der Waals surface area (Å²) in [5.41, 5.74) is -0.303. The van der Waals surface area contributed by atoms with Crippen LogP contribution in [0, 0.1) is 10.1 Å². The van der Waals surface area contributed by atoms with Crippen LogP contribution in [-0.4, -0.2) is 30.2 Å². The van der Waals surface area contributed by atoms with Gasteiger partial charge in [0, 0.05) is 24.7 Å². The molecule has 106 valence electrons. The second kappa shape index (κ2) is 5.85. The van der Waals surface area contributed by atoms with E-state index in [0.717, 1.165) is 6.07 Å². The van der Waals surface area contributed by atoms with E-state index in [4.69, 9.17) is 11.6 Å². The molecule has 0 saturated carbocycles. The lowest BCUT2D eigenvalue weighted by atomic mass is 10.3. The molecule has 6 nitrogen and oxygen atoms in total. The van der Waals surface area contributed by atoms with Crippen LogP contribution in [0.4, 0.5) is 5.69 Å². The summed E-state index contributed by atoms with van der Waals surface area (Å²) >= 11 is 5.86. The van der Waals surface area contributed by atoms with Crippen molar-refractivity contribution in [1.82, 2.24) is 4.31 Å². The highest BCUT2D eigenvalue weighted by atomic mass is 35.5. The average Bonchev–Trinajstić information content (AvgIpc) is 2.28. The van der Waals surface area contributed by atoms with Crippen molar-refractivity contribution >= 4 is 27.3 Å². The van der Waals surface area contributed by atoms with Crippen LogP contribution in [0.25, 0.3) is 0 Å². The van der Waals surface area contributed by atoms with E-state index in [2.05, 4.69) is 0 Å². The molecule has 0 fully saturated rings. The number of nitro benzene ring substituents is 1. The maximum atomic E-state index is 12.4. The molecule has 0 unspecified atom stereocenters. The topological polar surface area (TPSA) is 80.5 Å². The lowest BCUT2D eigenvalue weighted by Crippen LogP contribution is -2.36. The van der Waals surface area contributed by atoms with Crippen molar-refractivity contribution in [1.29, 1.82) is 0 Å². The van der Waals surface area contributed by atoms with Crippen LogP contribution in [0.2, 0.25) is 5.02 Å². The molecule has 1 rings (SSSR count). The Morgan fingerprint density at radius 1 is 1.42 bits per heavy atom. The van der Waals surface area contributed by atoms with E-state index in [9.17, 15) is 18.5 Å². The molecule has 0 N–H and O–H groups in total. The molecule has 0 bridgehead atoms. The van der Waals surface area contributed by atoms with E-state index in [-0.39, 0.29) is 28.2 Å². The second-order valence-electron chi connectivity index (χ2n) is 4.17. The zero-order valence-electron chi connectivity index (χ0n) is 10.8. The van der Waals surface area contributed by atoms with Crippen LogP contribution in [0.1, 0.15) is 20.8 Å². The summed E-state index contributed by atoms with van der Waals surface area (Å²) in [5.74, 6) is 0. The highest BCUT2D eigenvalue weighted by molar-refractivity contribution is 7.89. The SMILES string of the molecule is CCN(C(C)C)S(=O)(=O)c1cc([N+](=O)[O-])ccc1Cl. The molecule has 0 aromatic heterocycles. The minimum absolute atomic E-state index is 0.0234. The van der Waals surface area contributed by atoms with Crippen molar-refractivity contribution < 1.29 is 13.3 Å². The van der Waals surface area contributed by atoms with Crippen LogP contribution in [-0.2, 0) is 10.0 Å². The van der Waals surface area contributed by atoms with Crippen LogP contribution < -0.4 is 0 Å². The number of benzene rings is 1. The first kappa shape index (κ1) is 15.9. The Kier molecular flexibility index (Phi) is 4.89. The normalized spacial score (nSPS) is 12.1. The van der Waals surface area contributed by atoms with Gasteiger partial charge >= 0.3 is 0 Å². The molecule has 0 radical (unpaired) electrons. The maximum Gasteiger partial charge on any atom is 0.270 e. The highest BCUT2D eigenvalue weighted by Gasteiger charge is 2.29. The number of rotatable bonds is 5. The predicted octanol–water partition coefficient (Wildman–Crippen LogP) is 2.67. The Hall–Kier alpha value is -1.18. The molecule has 0 atom stereocenters. The van der Waals surface area contributed by atoms with Crippen molar-refractivity contribution in [2.75, 3.05) is 6.54 Å². The first-order chi connectivity index (χ1) is 8.71. The molecular formula is C11H15ClN2O4S. The van der Waals surface area contributed by atoms with Gasteiger partial charge < -0.3 is 0 Å². The molecule has 19 heavy (non-hydrogen) atoms. The molecule has 8 heteroatoms. The van der Waals surface area contributed by atoms with Gasteiger partial charge in [-0.05, 0) is 19.9 Å². The minimum atomic E-state index is -3.84. The van der Waals surface area contributed by atoms with Crippen LogP contribution >= 0.6 is 11.6 Å². The summed E-state index contributed by atoms with van der Waals surface area (Å²) < 4.78 is 26.1. The van der Waals surface area contributed by atoms with Gasteiger partial charge in [-0.2, -0.15) is 4.31 Å². The lowest BCUT2D eigenvalue weighted by Gasteiger charge is -2.24. The third kappa shape index (κ3) is 3.23. The van der Waals surface area contributed by atoms with Gasteiger partial charge in [0.05, 0.1) is 9.95 Å². The zero-order chi connectivity index (χ0) is 14.8. The standard InChI is InChI=1S/C11H15ClN2O4S/c1-4-13(8(2)3)19(17,18)11-7-9(14(15)16)5-6-10(11)12/h5-8H,4H2,1-3H3. The molecule has 0 heterocycles. The fourth-order valence-corrected chi connectivity index (χ4v) is 3.88. The van der Waals surface area contributed by atoms with Gasteiger partial charge in [-0.3, -0.25) is 10.1 Å². The fraction of sp³-hybridized carbons (Fsp3) is 0.455. The molecule has 0 spiro atoms. The number of sulfonamides is 1. The Morgan fingerprint density at radius 2 is 2.00 bits per heavy atom.